The molecule has 0 atom stereocenters. The van der Waals surface area contributed by atoms with Gasteiger partial charge in [-0.15, -0.1) is 0 Å². The van der Waals surface area contributed by atoms with Gasteiger partial charge in [0.25, 0.3) is 0 Å². The molecule has 0 amide bonds. The number of piperidine rings is 1. The van der Waals surface area contributed by atoms with Crippen molar-refractivity contribution in [3.05, 3.63) is 29.8 Å². The van der Waals surface area contributed by atoms with Crippen molar-refractivity contribution in [3.8, 4) is 5.75 Å². The van der Waals surface area contributed by atoms with Gasteiger partial charge in [-0.25, -0.2) is 8.42 Å². The number of benzene rings is 1. The number of hydrogen-bond donors (Lipinski definition) is 0. The number of rotatable bonds is 4. The van der Waals surface area contributed by atoms with Gasteiger partial charge in [0.1, 0.15) is 5.75 Å². The molecule has 1 aromatic carbocycles. The van der Waals surface area contributed by atoms with Gasteiger partial charge in [0, 0.05) is 12.7 Å². The fraction of sp³-hybridized carbons (Fsp3) is 0.562. The molecule has 1 fully saturated rings. The van der Waals surface area contributed by atoms with Crippen LogP contribution in [0, 0.1) is 0 Å². The van der Waals surface area contributed by atoms with Crippen LogP contribution in [0.4, 0.5) is 0 Å². The molecule has 6 heteroatoms. The van der Waals surface area contributed by atoms with Crippen molar-refractivity contribution in [2.75, 3.05) is 25.9 Å². The largest absolute Gasteiger partial charge is 0.427 e. The molecule has 1 aromatic rings. The van der Waals surface area contributed by atoms with E-state index in [9.17, 15) is 13.2 Å². The molecule has 0 radical (unpaired) electrons. The van der Waals surface area contributed by atoms with E-state index >= 15 is 0 Å². The second-order valence-electron chi connectivity index (χ2n) is 5.82. The van der Waals surface area contributed by atoms with Gasteiger partial charge in [-0.3, -0.25) is 4.79 Å². The van der Waals surface area contributed by atoms with E-state index in [-0.39, 0.29) is 5.75 Å². The summed E-state index contributed by atoms with van der Waals surface area (Å²) >= 11 is 0. The molecular formula is C16H23NO4S. The molecule has 0 saturated carbocycles. The van der Waals surface area contributed by atoms with E-state index in [1.807, 2.05) is 13.1 Å². The number of hydrogen-bond acceptors (Lipinski definition) is 5. The van der Waals surface area contributed by atoms with Gasteiger partial charge in [-0.1, -0.05) is 19.1 Å². The highest BCUT2D eigenvalue weighted by Gasteiger charge is 2.46. The van der Waals surface area contributed by atoms with Crippen LogP contribution in [0.2, 0.25) is 0 Å². The standard InChI is InChI=1S/C16H23NO4S/c1-4-22(19,20)16(8-10-17(3)11-9-16)14-6-5-7-15(12-14)21-13(2)18/h5-7,12H,4,8-11H2,1-3H3. The molecule has 1 heterocycles. The van der Waals surface area contributed by atoms with Gasteiger partial charge in [0.2, 0.25) is 0 Å². The summed E-state index contributed by atoms with van der Waals surface area (Å²) in [7, 11) is -1.27. The number of ether oxygens (including phenoxy) is 1. The predicted molar refractivity (Wildman–Crippen MR) is 85.6 cm³/mol. The highest BCUT2D eigenvalue weighted by atomic mass is 32.2. The van der Waals surface area contributed by atoms with Gasteiger partial charge in [-0.05, 0) is 50.7 Å². The highest BCUT2D eigenvalue weighted by molar-refractivity contribution is 7.92. The molecule has 0 unspecified atom stereocenters. The quantitative estimate of drug-likeness (QED) is 0.625. The van der Waals surface area contributed by atoms with Crippen molar-refractivity contribution >= 4 is 15.8 Å². The van der Waals surface area contributed by atoms with Crippen LogP contribution >= 0.6 is 0 Å². The third kappa shape index (κ3) is 3.17. The van der Waals surface area contributed by atoms with Crippen molar-refractivity contribution in [1.29, 1.82) is 0 Å². The maximum Gasteiger partial charge on any atom is 0.308 e. The summed E-state index contributed by atoms with van der Waals surface area (Å²) < 4.78 is 29.8. The van der Waals surface area contributed by atoms with Gasteiger partial charge in [-0.2, -0.15) is 0 Å². The zero-order valence-electron chi connectivity index (χ0n) is 13.3. The first kappa shape index (κ1) is 17.0. The normalized spacial score (nSPS) is 18.9. The lowest BCUT2D eigenvalue weighted by molar-refractivity contribution is -0.131. The Hall–Kier alpha value is -1.40. The summed E-state index contributed by atoms with van der Waals surface area (Å²) in [4.78, 5) is 13.3. The Kier molecular flexibility index (Phi) is 4.92. The Morgan fingerprint density at radius 2 is 1.95 bits per heavy atom. The zero-order chi connectivity index (χ0) is 16.4. The molecule has 0 N–H and O–H groups in total. The van der Waals surface area contributed by atoms with Gasteiger partial charge in [0.15, 0.2) is 9.84 Å². The number of carbonyl (C=O) groups is 1. The van der Waals surface area contributed by atoms with Crippen molar-refractivity contribution in [3.63, 3.8) is 0 Å². The van der Waals surface area contributed by atoms with Gasteiger partial charge < -0.3 is 9.64 Å². The topological polar surface area (TPSA) is 63.7 Å². The van der Waals surface area contributed by atoms with Crippen LogP contribution in [-0.4, -0.2) is 45.2 Å². The summed E-state index contributed by atoms with van der Waals surface area (Å²) in [5.41, 5.74) is 0.723. The lowest BCUT2D eigenvalue weighted by atomic mass is 9.88. The average Bonchev–Trinajstić information content (AvgIpc) is 2.47. The first-order valence-corrected chi connectivity index (χ1v) is 9.16. The summed E-state index contributed by atoms with van der Waals surface area (Å²) in [5.74, 6) is 0.0941. The third-order valence-corrected chi connectivity index (χ3v) is 6.99. The Morgan fingerprint density at radius 3 is 2.50 bits per heavy atom. The zero-order valence-corrected chi connectivity index (χ0v) is 14.1. The number of esters is 1. The average molecular weight is 325 g/mol. The lowest BCUT2D eigenvalue weighted by Crippen LogP contribution is -2.46. The second-order valence-corrected chi connectivity index (χ2v) is 8.41. The number of sulfone groups is 1. The van der Waals surface area contributed by atoms with Crippen LogP contribution in [0.5, 0.6) is 5.75 Å². The summed E-state index contributed by atoms with van der Waals surface area (Å²) in [6.45, 7) is 4.49. The van der Waals surface area contributed by atoms with Crippen LogP contribution < -0.4 is 4.74 Å². The van der Waals surface area contributed by atoms with Crippen LogP contribution in [0.3, 0.4) is 0 Å². The predicted octanol–water partition coefficient (Wildman–Crippen LogP) is 1.97. The maximum atomic E-state index is 12.8. The first-order valence-electron chi connectivity index (χ1n) is 7.50. The van der Waals surface area contributed by atoms with E-state index in [0.717, 1.165) is 18.7 Å². The molecule has 0 aromatic heterocycles. The SMILES string of the molecule is CCS(=O)(=O)C1(c2cccc(OC(C)=O)c2)CCN(C)CC1. The molecule has 0 bridgehead atoms. The minimum Gasteiger partial charge on any atom is -0.427 e. The lowest BCUT2D eigenvalue weighted by Gasteiger charge is -2.40. The molecule has 0 spiro atoms. The molecule has 1 aliphatic heterocycles. The molecule has 1 saturated heterocycles. The van der Waals surface area contributed by atoms with Crippen molar-refractivity contribution in [1.82, 2.24) is 4.90 Å². The highest BCUT2D eigenvalue weighted by Crippen LogP contribution is 2.41. The summed E-state index contributed by atoms with van der Waals surface area (Å²) in [6, 6.07) is 6.94. The Morgan fingerprint density at radius 1 is 1.32 bits per heavy atom. The molecule has 2 rings (SSSR count). The van der Waals surface area contributed by atoms with E-state index in [0.29, 0.717) is 18.6 Å². The number of carbonyl (C=O) groups excluding carboxylic acids is 1. The van der Waals surface area contributed by atoms with Crippen LogP contribution in [-0.2, 0) is 19.4 Å². The van der Waals surface area contributed by atoms with Crippen LogP contribution in [0.25, 0.3) is 0 Å². The maximum absolute atomic E-state index is 12.8. The molecule has 0 aliphatic carbocycles. The molecule has 1 aliphatic rings. The molecule has 5 nitrogen and oxygen atoms in total. The van der Waals surface area contributed by atoms with E-state index < -0.39 is 20.6 Å². The smallest absolute Gasteiger partial charge is 0.308 e. The Balaban J connectivity index is 2.48. The van der Waals surface area contributed by atoms with E-state index in [1.54, 1.807) is 25.1 Å². The third-order valence-electron chi connectivity index (χ3n) is 4.39. The van der Waals surface area contributed by atoms with E-state index in [1.165, 1.54) is 6.92 Å². The van der Waals surface area contributed by atoms with E-state index in [2.05, 4.69) is 4.90 Å². The van der Waals surface area contributed by atoms with Gasteiger partial charge in [0.05, 0.1) is 4.75 Å². The molecular weight excluding hydrogens is 302 g/mol. The van der Waals surface area contributed by atoms with Crippen LogP contribution in [0.15, 0.2) is 24.3 Å². The van der Waals surface area contributed by atoms with Gasteiger partial charge >= 0.3 is 5.97 Å². The monoisotopic (exact) mass is 325 g/mol. The summed E-state index contributed by atoms with van der Waals surface area (Å²) in [5, 5.41) is 0. The van der Waals surface area contributed by atoms with Crippen molar-refractivity contribution in [2.45, 2.75) is 31.4 Å². The fourth-order valence-corrected chi connectivity index (χ4v) is 4.89. The summed E-state index contributed by atoms with van der Waals surface area (Å²) in [6.07, 6.45) is 1.12. The first-order chi connectivity index (χ1) is 10.3. The van der Waals surface area contributed by atoms with Crippen LogP contribution in [0.1, 0.15) is 32.3 Å². The minimum atomic E-state index is -3.27. The van der Waals surface area contributed by atoms with E-state index in [4.69, 9.17) is 4.74 Å². The second kappa shape index (κ2) is 6.38. The van der Waals surface area contributed by atoms with Crippen molar-refractivity contribution in [2.24, 2.45) is 0 Å². The fourth-order valence-electron chi connectivity index (χ4n) is 3.04. The van der Waals surface area contributed by atoms with Crippen molar-refractivity contribution < 1.29 is 17.9 Å². The minimum absolute atomic E-state index is 0.106. The Labute approximate surface area is 132 Å². The number of nitrogens with zero attached hydrogens (tertiary/aromatic N) is 1. The molecule has 22 heavy (non-hydrogen) atoms. The Bertz CT molecular complexity index is 646. The number of likely N-dealkylation sites (tertiary alicyclic amines) is 1. The molecule has 122 valence electrons.